The Morgan fingerprint density at radius 2 is 1.95 bits per heavy atom. The average molecular weight is 384 g/mol. The second-order valence-electron chi connectivity index (χ2n) is 4.18. The number of carbonyl (C=O) groups excluding carboxylic acids is 1. The van der Waals surface area contributed by atoms with Gasteiger partial charge in [0.05, 0.1) is 11.4 Å². The van der Waals surface area contributed by atoms with Gasteiger partial charge in [-0.3, -0.25) is 4.79 Å². The molecule has 2 aromatic carbocycles. The number of anilines is 2. The summed E-state index contributed by atoms with van der Waals surface area (Å²) in [6, 6.07) is 11.0. The summed E-state index contributed by atoms with van der Waals surface area (Å²) < 4.78 is 1.59. The molecular formula is C14H12Br2N2O. The average Bonchev–Trinajstić information content (AvgIpc) is 2.33. The number of aryl methyl sites for hydroxylation is 1. The van der Waals surface area contributed by atoms with Gasteiger partial charge in [-0.15, -0.1) is 0 Å². The van der Waals surface area contributed by atoms with Gasteiger partial charge < -0.3 is 11.1 Å². The van der Waals surface area contributed by atoms with Crippen molar-refractivity contribution in [1.29, 1.82) is 0 Å². The third-order valence-corrected chi connectivity index (χ3v) is 3.69. The summed E-state index contributed by atoms with van der Waals surface area (Å²) in [7, 11) is 0. The predicted octanol–water partition coefficient (Wildman–Crippen LogP) is 4.35. The molecule has 0 spiro atoms. The van der Waals surface area contributed by atoms with Crippen LogP contribution in [0.15, 0.2) is 45.3 Å². The lowest BCUT2D eigenvalue weighted by molar-refractivity contribution is 0.102. The quantitative estimate of drug-likeness (QED) is 0.757. The summed E-state index contributed by atoms with van der Waals surface area (Å²) in [5.74, 6) is -0.182. The van der Waals surface area contributed by atoms with Crippen LogP contribution < -0.4 is 11.1 Å². The summed E-state index contributed by atoms with van der Waals surface area (Å²) in [5.41, 5.74) is 8.63. The molecule has 3 N–H and O–H groups in total. The molecule has 19 heavy (non-hydrogen) atoms. The van der Waals surface area contributed by atoms with Crippen LogP contribution in [0.25, 0.3) is 0 Å². The second-order valence-corrected chi connectivity index (χ2v) is 5.95. The van der Waals surface area contributed by atoms with Gasteiger partial charge in [0.25, 0.3) is 5.91 Å². The Morgan fingerprint density at radius 3 is 2.58 bits per heavy atom. The van der Waals surface area contributed by atoms with Crippen LogP contribution in [-0.2, 0) is 0 Å². The zero-order valence-corrected chi connectivity index (χ0v) is 13.4. The molecule has 0 aliphatic heterocycles. The molecule has 0 aliphatic carbocycles. The molecule has 0 saturated carbocycles. The monoisotopic (exact) mass is 382 g/mol. The van der Waals surface area contributed by atoms with Gasteiger partial charge in [0.2, 0.25) is 0 Å². The van der Waals surface area contributed by atoms with E-state index in [1.807, 2.05) is 31.2 Å². The van der Waals surface area contributed by atoms with E-state index in [2.05, 4.69) is 37.2 Å². The van der Waals surface area contributed by atoms with Gasteiger partial charge in [0, 0.05) is 14.5 Å². The molecule has 0 heterocycles. The summed E-state index contributed by atoms with van der Waals surface area (Å²) in [6.07, 6.45) is 0. The minimum Gasteiger partial charge on any atom is -0.397 e. The maximum absolute atomic E-state index is 12.2. The van der Waals surface area contributed by atoms with Crippen molar-refractivity contribution in [3.05, 3.63) is 56.5 Å². The van der Waals surface area contributed by atoms with Gasteiger partial charge in [0.1, 0.15) is 0 Å². The normalized spacial score (nSPS) is 10.3. The molecular weight excluding hydrogens is 372 g/mol. The summed E-state index contributed by atoms with van der Waals surface area (Å²) >= 11 is 6.73. The van der Waals surface area contributed by atoms with Crippen molar-refractivity contribution < 1.29 is 4.79 Å². The highest BCUT2D eigenvalue weighted by Crippen LogP contribution is 2.32. The van der Waals surface area contributed by atoms with Crippen molar-refractivity contribution in [2.75, 3.05) is 11.1 Å². The Hall–Kier alpha value is -1.33. The van der Waals surface area contributed by atoms with E-state index in [1.54, 1.807) is 12.1 Å². The molecule has 0 radical (unpaired) electrons. The van der Waals surface area contributed by atoms with Crippen LogP contribution in [0, 0.1) is 6.92 Å². The predicted molar refractivity (Wildman–Crippen MR) is 85.4 cm³/mol. The van der Waals surface area contributed by atoms with Crippen molar-refractivity contribution in [3.8, 4) is 0 Å². The van der Waals surface area contributed by atoms with Crippen molar-refractivity contribution in [1.82, 2.24) is 0 Å². The Kier molecular flexibility index (Phi) is 4.27. The first-order chi connectivity index (χ1) is 8.97. The number of carbonyl (C=O) groups is 1. The van der Waals surface area contributed by atoms with Gasteiger partial charge in [-0.1, -0.05) is 33.6 Å². The van der Waals surface area contributed by atoms with Gasteiger partial charge in [0.15, 0.2) is 0 Å². The van der Waals surface area contributed by atoms with Crippen LogP contribution in [0.4, 0.5) is 11.4 Å². The van der Waals surface area contributed by atoms with Gasteiger partial charge >= 0.3 is 0 Å². The molecule has 0 atom stereocenters. The molecule has 2 aromatic rings. The zero-order chi connectivity index (χ0) is 14.0. The molecule has 0 aliphatic rings. The molecule has 0 saturated heterocycles. The van der Waals surface area contributed by atoms with E-state index in [-0.39, 0.29) is 5.91 Å². The molecule has 0 unspecified atom stereocenters. The van der Waals surface area contributed by atoms with Gasteiger partial charge in [-0.25, -0.2) is 0 Å². The van der Waals surface area contributed by atoms with E-state index in [0.717, 1.165) is 14.5 Å². The Labute approximate surface area is 128 Å². The lowest BCUT2D eigenvalue weighted by Crippen LogP contribution is -2.13. The first kappa shape index (κ1) is 14.1. The molecule has 5 heteroatoms. The highest BCUT2D eigenvalue weighted by Gasteiger charge is 2.11. The van der Waals surface area contributed by atoms with Crippen molar-refractivity contribution in [3.63, 3.8) is 0 Å². The van der Waals surface area contributed by atoms with Crippen molar-refractivity contribution in [2.45, 2.75) is 6.92 Å². The lowest BCUT2D eigenvalue weighted by atomic mass is 10.1. The Morgan fingerprint density at radius 1 is 1.21 bits per heavy atom. The highest BCUT2D eigenvalue weighted by atomic mass is 79.9. The molecule has 0 bridgehead atoms. The van der Waals surface area contributed by atoms with E-state index in [1.165, 1.54) is 0 Å². The molecule has 0 fully saturated rings. The topological polar surface area (TPSA) is 55.1 Å². The van der Waals surface area contributed by atoms with Crippen LogP contribution in [0.3, 0.4) is 0 Å². The summed E-state index contributed by atoms with van der Waals surface area (Å²) in [4.78, 5) is 12.2. The lowest BCUT2D eigenvalue weighted by Gasteiger charge is -2.11. The molecule has 98 valence electrons. The number of nitrogens with two attached hydrogens (primary N) is 1. The molecule has 2 rings (SSSR count). The smallest absolute Gasteiger partial charge is 0.255 e. The van der Waals surface area contributed by atoms with Gasteiger partial charge in [-0.2, -0.15) is 0 Å². The van der Waals surface area contributed by atoms with E-state index >= 15 is 0 Å². The number of nitrogen functional groups attached to an aromatic ring is 1. The SMILES string of the molecule is Cc1cccc(C(=O)Nc2c(N)cc(Br)cc2Br)c1. The number of benzene rings is 2. The second kappa shape index (κ2) is 5.75. The third kappa shape index (κ3) is 3.36. The molecule has 0 aromatic heterocycles. The third-order valence-electron chi connectivity index (χ3n) is 2.60. The summed E-state index contributed by atoms with van der Waals surface area (Å²) in [5, 5.41) is 2.82. The largest absolute Gasteiger partial charge is 0.397 e. The van der Waals surface area contributed by atoms with Crippen molar-refractivity contribution >= 4 is 49.1 Å². The van der Waals surface area contributed by atoms with E-state index in [9.17, 15) is 4.79 Å². The number of hydrogen-bond acceptors (Lipinski definition) is 2. The number of amides is 1. The number of nitrogens with one attached hydrogen (secondary N) is 1. The fourth-order valence-electron chi connectivity index (χ4n) is 1.70. The molecule has 1 amide bonds. The minimum atomic E-state index is -0.182. The van der Waals surface area contributed by atoms with Crippen LogP contribution in [0.1, 0.15) is 15.9 Å². The van der Waals surface area contributed by atoms with Crippen molar-refractivity contribution in [2.24, 2.45) is 0 Å². The summed E-state index contributed by atoms with van der Waals surface area (Å²) in [6.45, 7) is 1.95. The first-order valence-electron chi connectivity index (χ1n) is 5.60. The maximum atomic E-state index is 12.2. The highest BCUT2D eigenvalue weighted by molar-refractivity contribution is 9.11. The fraction of sp³-hybridized carbons (Fsp3) is 0.0714. The maximum Gasteiger partial charge on any atom is 0.255 e. The van der Waals surface area contributed by atoms with Crippen LogP contribution >= 0.6 is 31.9 Å². The van der Waals surface area contributed by atoms with Gasteiger partial charge in [-0.05, 0) is 47.1 Å². The van der Waals surface area contributed by atoms with Crippen LogP contribution in [0.2, 0.25) is 0 Å². The number of hydrogen-bond donors (Lipinski definition) is 2. The zero-order valence-electron chi connectivity index (χ0n) is 10.2. The minimum absolute atomic E-state index is 0.182. The number of halogens is 2. The van der Waals surface area contributed by atoms with E-state index in [0.29, 0.717) is 16.9 Å². The Balaban J connectivity index is 2.29. The molecule has 3 nitrogen and oxygen atoms in total. The van der Waals surface area contributed by atoms with Crippen LogP contribution in [-0.4, -0.2) is 5.91 Å². The van der Waals surface area contributed by atoms with E-state index in [4.69, 9.17) is 5.73 Å². The van der Waals surface area contributed by atoms with Crippen LogP contribution in [0.5, 0.6) is 0 Å². The standard InChI is InChI=1S/C14H12Br2N2O/c1-8-3-2-4-9(5-8)14(19)18-13-11(16)6-10(15)7-12(13)17/h2-7H,17H2,1H3,(H,18,19). The number of rotatable bonds is 2. The first-order valence-corrected chi connectivity index (χ1v) is 7.18. The fourth-order valence-corrected chi connectivity index (χ4v) is 3.05. The van der Waals surface area contributed by atoms with E-state index < -0.39 is 0 Å². The Bertz CT molecular complexity index is 618.